The van der Waals surface area contributed by atoms with E-state index in [4.69, 9.17) is 4.74 Å². The third-order valence-electron chi connectivity index (χ3n) is 3.43. The number of likely N-dealkylation sites (tertiary alicyclic amines) is 1. The molecule has 0 aliphatic carbocycles. The third-order valence-corrected chi connectivity index (χ3v) is 4.72. The summed E-state index contributed by atoms with van der Waals surface area (Å²) in [5, 5.41) is 0. The molecule has 3 nitrogen and oxygen atoms in total. The minimum atomic E-state index is 0.745. The first-order chi connectivity index (χ1) is 8.78. The maximum absolute atomic E-state index is 5.64. The highest BCUT2D eigenvalue weighted by molar-refractivity contribution is 6.35. The van der Waals surface area contributed by atoms with Crippen molar-refractivity contribution < 1.29 is 4.74 Å². The average Bonchev–Trinajstić information content (AvgIpc) is 2.85. The number of ether oxygens (including phenoxy) is 1. The van der Waals surface area contributed by atoms with Crippen LogP contribution in [-0.2, 0) is 0 Å². The van der Waals surface area contributed by atoms with Gasteiger partial charge in [-0.15, -0.1) is 0 Å². The lowest BCUT2D eigenvalue weighted by Crippen LogP contribution is -2.23. The Kier molecular flexibility index (Phi) is 5.20. The van der Waals surface area contributed by atoms with E-state index < -0.39 is 0 Å². The van der Waals surface area contributed by atoms with Crippen LogP contribution < -0.4 is 4.74 Å². The molecular formula is C14H22N2OSi. The van der Waals surface area contributed by atoms with Crippen molar-refractivity contribution in [3.63, 3.8) is 0 Å². The van der Waals surface area contributed by atoms with Crippen molar-refractivity contribution in [1.82, 2.24) is 9.88 Å². The summed E-state index contributed by atoms with van der Waals surface area (Å²) in [5.41, 5.74) is 2.12. The number of hydrogen-bond donors (Lipinski definition) is 0. The van der Waals surface area contributed by atoms with Gasteiger partial charge in [0.15, 0.2) is 0 Å². The van der Waals surface area contributed by atoms with E-state index in [0.717, 1.165) is 40.5 Å². The van der Waals surface area contributed by atoms with Gasteiger partial charge in [-0.25, -0.2) is 4.98 Å². The Morgan fingerprint density at radius 1 is 1.50 bits per heavy atom. The lowest BCUT2D eigenvalue weighted by molar-refractivity contribution is 0.257. The number of aromatic nitrogens is 1. The van der Waals surface area contributed by atoms with Gasteiger partial charge in [0.1, 0.15) is 0 Å². The van der Waals surface area contributed by atoms with Crippen LogP contribution in [0.4, 0.5) is 0 Å². The van der Waals surface area contributed by atoms with Gasteiger partial charge in [0.05, 0.1) is 6.61 Å². The summed E-state index contributed by atoms with van der Waals surface area (Å²) in [5.74, 6) is 0.745. The molecule has 1 aromatic heterocycles. The first-order valence-electron chi connectivity index (χ1n) is 6.73. The Morgan fingerprint density at radius 3 is 3.06 bits per heavy atom. The van der Waals surface area contributed by atoms with Gasteiger partial charge in [0, 0.05) is 28.3 Å². The molecule has 0 spiro atoms. The largest absolute Gasteiger partial charge is 0.478 e. The maximum Gasteiger partial charge on any atom is 0.213 e. The van der Waals surface area contributed by atoms with Crippen LogP contribution in [0.1, 0.15) is 18.4 Å². The number of hydrogen-bond acceptors (Lipinski definition) is 3. The average molecular weight is 262 g/mol. The van der Waals surface area contributed by atoms with E-state index >= 15 is 0 Å². The zero-order valence-corrected chi connectivity index (χ0v) is 12.4. The van der Waals surface area contributed by atoms with E-state index in [1.807, 2.05) is 25.3 Å². The molecule has 0 aromatic carbocycles. The molecule has 4 heteroatoms. The van der Waals surface area contributed by atoms with E-state index in [2.05, 4.69) is 16.4 Å². The van der Waals surface area contributed by atoms with Crippen LogP contribution in [0.2, 0.25) is 12.1 Å². The minimum absolute atomic E-state index is 0.745. The van der Waals surface area contributed by atoms with E-state index in [1.54, 1.807) is 0 Å². The number of aryl methyl sites for hydroxylation is 1. The van der Waals surface area contributed by atoms with Gasteiger partial charge in [-0.3, -0.25) is 0 Å². The second-order valence-corrected chi connectivity index (χ2v) is 6.34. The highest BCUT2D eigenvalue weighted by Gasteiger charge is 2.20. The number of pyridine rings is 1. The summed E-state index contributed by atoms with van der Waals surface area (Å²) in [4.78, 5) is 6.80. The second kappa shape index (κ2) is 6.90. The fraction of sp³-hybridized carbons (Fsp3) is 0.643. The topological polar surface area (TPSA) is 25.4 Å². The fourth-order valence-corrected chi connectivity index (χ4v) is 3.13. The van der Waals surface area contributed by atoms with Gasteiger partial charge < -0.3 is 9.64 Å². The molecule has 1 aliphatic rings. The highest BCUT2D eigenvalue weighted by Crippen LogP contribution is 2.20. The molecule has 1 aromatic rings. The van der Waals surface area contributed by atoms with Crippen LogP contribution in [0.5, 0.6) is 5.88 Å². The molecule has 0 saturated carbocycles. The first-order valence-corrected chi connectivity index (χ1v) is 8.31. The van der Waals surface area contributed by atoms with Crippen molar-refractivity contribution in [2.24, 2.45) is 0 Å². The van der Waals surface area contributed by atoms with Gasteiger partial charge in [0.25, 0.3) is 0 Å². The maximum atomic E-state index is 5.64. The highest BCUT2D eigenvalue weighted by atomic mass is 28.2. The molecule has 0 bridgehead atoms. The van der Waals surface area contributed by atoms with Crippen molar-refractivity contribution in [1.29, 1.82) is 0 Å². The Balaban J connectivity index is 1.60. The molecule has 98 valence electrons. The first kappa shape index (κ1) is 13.6. The quantitative estimate of drug-likeness (QED) is 0.581. The summed E-state index contributed by atoms with van der Waals surface area (Å²) in [6.07, 6.45) is 4.33. The van der Waals surface area contributed by atoms with E-state index in [-0.39, 0.29) is 0 Å². The number of nitrogens with zero attached hydrogens (tertiary/aromatic N) is 2. The van der Waals surface area contributed by atoms with Crippen LogP contribution in [0.3, 0.4) is 0 Å². The monoisotopic (exact) mass is 262 g/mol. The second-order valence-electron chi connectivity index (χ2n) is 4.95. The molecule has 0 N–H and O–H groups in total. The molecule has 2 rings (SSSR count). The molecule has 2 heterocycles. The molecule has 0 amide bonds. The molecule has 1 fully saturated rings. The molecule has 1 aliphatic heterocycles. The summed E-state index contributed by atoms with van der Waals surface area (Å²) < 4.78 is 5.64. The number of rotatable bonds is 6. The van der Waals surface area contributed by atoms with Crippen molar-refractivity contribution in [2.75, 3.05) is 26.2 Å². The van der Waals surface area contributed by atoms with E-state index in [1.165, 1.54) is 25.1 Å². The summed E-state index contributed by atoms with van der Waals surface area (Å²) in [7, 11) is 1.10. The Morgan fingerprint density at radius 2 is 2.39 bits per heavy atom. The zero-order valence-electron chi connectivity index (χ0n) is 11.4. The standard InChI is InChI=1S/C14H22N2OSi/c1-12-4-5-14(15-10-12)17-9-3-7-16-8-6-13(11-16)18-2/h4-5,10,13H,3,6-9,11H2,1-2H3. The van der Waals surface area contributed by atoms with Crippen LogP contribution in [0, 0.1) is 6.92 Å². The van der Waals surface area contributed by atoms with E-state index in [9.17, 15) is 0 Å². The molecule has 1 unspecified atom stereocenters. The van der Waals surface area contributed by atoms with Crippen molar-refractivity contribution >= 4 is 9.52 Å². The van der Waals surface area contributed by atoms with Gasteiger partial charge in [-0.2, -0.15) is 0 Å². The molecule has 2 radical (unpaired) electrons. The van der Waals surface area contributed by atoms with Gasteiger partial charge >= 0.3 is 0 Å². The Labute approximate surface area is 112 Å². The van der Waals surface area contributed by atoms with Gasteiger partial charge in [-0.1, -0.05) is 12.6 Å². The third kappa shape index (κ3) is 4.10. The van der Waals surface area contributed by atoms with Gasteiger partial charge in [0.2, 0.25) is 5.88 Å². The summed E-state index contributed by atoms with van der Waals surface area (Å²) >= 11 is 0. The molecule has 1 atom stereocenters. The lowest BCUT2D eigenvalue weighted by atomic mass is 10.3. The van der Waals surface area contributed by atoms with Crippen molar-refractivity contribution in [3.8, 4) is 5.88 Å². The zero-order chi connectivity index (χ0) is 12.8. The molecule has 1 saturated heterocycles. The van der Waals surface area contributed by atoms with Crippen LogP contribution in [0.25, 0.3) is 0 Å². The van der Waals surface area contributed by atoms with Crippen LogP contribution >= 0.6 is 0 Å². The van der Waals surface area contributed by atoms with Crippen molar-refractivity contribution in [2.45, 2.75) is 31.9 Å². The van der Waals surface area contributed by atoms with Crippen LogP contribution in [0.15, 0.2) is 18.3 Å². The Bertz CT molecular complexity index is 355. The molecular weight excluding hydrogens is 240 g/mol. The predicted octanol–water partition coefficient (Wildman–Crippen LogP) is 2.41. The lowest BCUT2D eigenvalue weighted by Gasteiger charge is -2.15. The normalized spacial score (nSPS) is 20.2. The summed E-state index contributed by atoms with van der Waals surface area (Å²) in [6.45, 7) is 8.85. The van der Waals surface area contributed by atoms with Gasteiger partial charge in [-0.05, 0) is 44.0 Å². The smallest absolute Gasteiger partial charge is 0.213 e. The molecule has 18 heavy (non-hydrogen) atoms. The summed E-state index contributed by atoms with van der Waals surface area (Å²) in [6, 6.07) is 3.98. The van der Waals surface area contributed by atoms with Crippen molar-refractivity contribution in [3.05, 3.63) is 23.9 Å². The van der Waals surface area contributed by atoms with E-state index in [0.29, 0.717) is 0 Å². The SMILES string of the molecule is C[Si]C1CCN(CCCOc2ccc(C)cn2)C1. The van der Waals surface area contributed by atoms with Crippen LogP contribution in [-0.4, -0.2) is 45.6 Å². The predicted molar refractivity (Wildman–Crippen MR) is 75.5 cm³/mol. The Hall–Kier alpha value is -0.873. The fourth-order valence-electron chi connectivity index (χ4n) is 2.28. The minimum Gasteiger partial charge on any atom is -0.478 e.